The molecule has 2 aliphatic rings. The van der Waals surface area contributed by atoms with E-state index in [2.05, 4.69) is 0 Å². The quantitative estimate of drug-likeness (QED) is 0.762. The van der Waals surface area contributed by atoms with E-state index in [1.165, 1.54) is 0 Å². The summed E-state index contributed by atoms with van der Waals surface area (Å²) in [6.07, 6.45) is 0. The van der Waals surface area contributed by atoms with Crippen molar-refractivity contribution in [2.24, 2.45) is 5.92 Å². The number of benzene rings is 1. The molecule has 2 fully saturated rings. The van der Waals surface area contributed by atoms with Gasteiger partial charge in [0.1, 0.15) is 5.75 Å². The van der Waals surface area contributed by atoms with Crippen molar-refractivity contribution in [1.29, 1.82) is 0 Å². The number of nitrogens with zero attached hydrogens (tertiary/aromatic N) is 2. The lowest BCUT2D eigenvalue weighted by Crippen LogP contribution is -2.63. The lowest BCUT2D eigenvalue weighted by atomic mass is 10.0. The third-order valence-electron chi connectivity index (χ3n) is 4.88. The zero-order valence-corrected chi connectivity index (χ0v) is 15.8. The molecular formula is C18H24N2O5S. The summed E-state index contributed by atoms with van der Waals surface area (Å²) in [4.78, 5) is 28.3. The molecule has 1 aromatic carbocycles. The number of sulfone groups is 1. The fourth-order valence-electron chi connectivity index (χ4n) is 3.61. The molecule has 0 bridgehead atoms. The van der Waals surface area contributed by atoms with Gasteiger partial charge in [-0.05, 0) is 12.1 Å². The fraction of sp³-hybridized carbons (Fsp3) is 0.556. The van der Waals surface area contributed by atoms with Crippen LogP contribution in [-0.4, -0.2) is 73.3 Å². The molecule has 1 aromatic rings. The van der Waals surface area contributed by atoms with Crippen molar-refractivity contribution < 1.29 is 22.7 Å². The molecule has 2 saturated heterocycles. The summed E-state index contributed by atoms with van der Waals surface area (Å²) in [5, 5.41) is 0. The summed E-state index contributed by atoms with van der Waals surface area (Å²) in [5.41, 5.74) is 0. The second-order valence-corrected chi connectivity index (χ2v) is 9.24. The molecule has 2 heterocycles. The maximum atomic E-state index is 12.6. The average Bonchev–Trinajstić information content (AvgIpc) is 2.93. The first kappa shape index (κ1) is 18.7. The highest BCUT2D eigenvalue weighted by Gasteiger charge is 2.49. The first-order valence-corrected chi connectivity index (χ1v) is 10.6. The van der Waals surface area contributed by atoms with Crippen LogP contribution >= 0.6 is 0 Å². The predicted molar refractivity (Wildman–Crippen MR) is 96.4 cm³/mol. The van der Waals surface area contributed by atoms with E-state index in [1.54, 1.807) is 35.8 Å². The summed E-state index contributed by atoms with van der Waals surface area (Å²) in [7, 11) is -3.28. The number of piperazine rings is 1. The van der Waals surface area contributed by atoms with Crippen molar-refractivity contribution in [3.8, 4) is 5.75 Å². The Bertz CT molecular complexity index is 778. The van der Waals surface area contributed by atoms with Crippen molar-refractivity contribution in [2.75, 3.05) is 31.2 Å². The number of rotatable bonds is 4. The molecule has 0 aromatic heterocycles. The van der Waals surface area contributed by atoms with Crippen LogP contribution in [0.3, 0.4) is 0 Å². The minimum atomic E-state index is -3.28. The summed E-state index contributed by atoms with van der Waals surface area (Å²) < 4.78 is 29.9. The van der Waals surface area contributed by atoms with Gasteiger partial charge >= 0.3 is 0 Å². The molecule has 0 saturated carbocycles. The van der Waals surface area contributed by atoms with Gasteiger partial charge in [-0.3, -0.25) is 9.59 Å². The first-order valence-electron chi connectivity index (χ1n) is 8.77. The Morgan fingerprint density at radius 3 is 2.27 bits per heavy atom. The molecule has 0 N–H and O–H groups in total. The van der Waals surface area contributed by atoms with Gasteiger partial charge in [-0.15, -0.1) is 0 Å². The third kappa shape index (κ3) is 3.85. The molecule has 2 aliphatic heterocycles. The number of para-hydroxylation sites is 1. The van der Waals surface area contributed by atoms with E-state index in [0.29, 0.717) is 18.8 Å². The van der Waals surface area contributed by atoms with Crippen molar-refractivity contribution in [2.45, 2.75) is 25.9 Å². The monoisotopic (exact) mass is 380 g/mol. The molecule has 7 nitrogen and oxygen atoms in total. The van der Waals surface area contributed by atoms with Crippen LogP contribution in [-0.2, 0) is 19.4 Å². The van der Waals surface area contributed by atoms with Gasteiger partial charge in [0.2, 0.25) is 5.91 Å². The number of fused-ring (bicyclic) bond motifs is 1. The van der Waals surface area contributed by atoms with Gasteiger partial charge in [0.15, 0.2) is 16.4 Å². The first-order chi connectivity index (χ1) is 12.3. The molecule has 2 amide bonds. The minimum Gasteiger partial charge on any atom is -0.484 e. The van der Waals surface area contributed by atoms with Crippen LogP contribution in [0, 0.1) is 5.92 Å². The zero-order valence-electron chi connectivity index (χ0n) is 15.0. The molecule has 26 heavy (non-hydrogen) atoms. The van der Waals surface area contributed by atoms with E-state index in [9.17, 15) is 18.0 Å². The largest absolute Gasteiger partial charge is 0.484 e. The van der Waals surface area contributed by atoms with Crippen LogP contribution < -0.4 is 4.74 Å². The maximum Gasteiger partial charge on any atom is 0.260 e. The lowest BCUT2D eigenvalue weighted by molar-refractivity contribution is -0.148. The normalized spacial score (nSPS) is 24.4. The van der Waals surface area contributed by atoms with E-state index in [1.807, 2.05) is 18.2 Å². The highest BCUT2D eigenvalue weighted by atomic mass is 32.2. The Kier molecular flexibility index (Phi) is 5.22. The molecule has 8 heteroatoms. The number of carbonyl (C=O) groups excluding carboxylic acids is 2. The second-order valence-electron chi connectivity index (χ2n) is 7.09. The molecular weight excluding hydrogens is 356 g/mol. The predicted octanol–water partition coefficient (Wildman–Crippen LogP) is 0.558. The van der Waals surface area contributed by atoms with E-state index in [4.69, 9.17) is 4.74 Å². The smallest absolute Gasteiger partial charge is 0.260 e. The van der Waals surface area contributed by atoms with Crippen LogP contribution in [0.15, 0.2) is 30.3 Å². The summed E-state index contributed by atoms with van der Waals surface area (Å²) >= 11 is 0. The highest BCUT2D eigenvalue weighted by molar-refractivity contribution is 7.91. The standard InChI is InChI=1S/C18H24N2O5S/c1-13(2)18(22)20-9-8-19(15-11-26(23,24)12-16(15)20)17(21)10-25-14-6-4-3-5-7-14/h3-7,13,15-16H,8-12H2,1-2H3. The minimum absolute atomic E-state index is 0.0651. The van der Waals surface area contributed by atoms with Gasteiger partial charge in [-0.2, -0.15) is 0 Å². The van der Waals surface area contributed by atoms with Gasteiger partial charge in [-0.1, -0.05) is 32.0 Å². The van der Waals surface area contributed by atoms with Crippen molar-refractivity contribution in [3.05, 3.63) is 30.3 Å². The fourth-order valence-corrected chi connectivity index (χ4v) is 5.59. The summed E-state index contributed by atoms with van der Waals surface area (Å²) in [6.45, 7) is 4.13. The summed E-state index contributed by atoms with van der Waals surface area (Å²) in [5.74, 6) is -0.120. The van der Waals surface area contributed by atoms with Crippen LogP contribution in [0.5, 0.6) is 5.75 Å². The average molecular weight is 380 g/mol. The number of hydrogen-bond donors (Lipinski definition) is 0. The van der Waals surface area contributed by atoms with Crippen LogP contribution in [0.1, 0.15) is 13.8 Å². The van der Waals surface area contributed by atoms with Gasteiger partial charge in [0, 0.05) is 19.0 Å². The molecule has 2 unspecified atom stereocenters. The summed E-state index contributed by atoms with van der Waals surface area (Å²) in [6, 6.07) is 8.04. The Labute approximate surface area is 153 Å². The van der Waals surface area contributed by atoms with Crippen molar-refractivity contribution >= 4 is 21.7 Å². The maximum absolute atomic E-state index is 12.6. The van der Waals surface area contributed by atoms with Gasteiger partial charge < -0.3 is 14.5 Å². The SMILES string of the molecule is CC(C)C(=O)N1CCN(C(=O)COc2ccccc2)C2CS(=O)(=O)CC21. The van der Waals surface area contributed by atoms with Crippen LogP contribution in [0.25, 0.3) is 0 Å². The van der Waals surface area contributed by atoms with E-state index in [-0.39, 0.29) is 35.8 Å². The molecule has 0 spiro atoms. The van der Waals surface area contributed by atoms with E-state index in [0.717, 1.165) is 0 Å². The molecule has 0 aliphatic carbocycles. The van der Waals surface area contributed by atoms with Crippen LogP contribution in [0.2, 0.25) is 0 Å². The highest BCUT2D eigenvalue weighted by Crippen LogP contribution is 2.28. The Balaban J connectivity index is 1.73. The zero-order chi connectivity index (χ0) is 18.9. The Morgan fingerprint density at radius 1 is 1.08 bits per heavy atom. The number of ether oxygens (including phenoxy) is 1. The van der Waals surface area contributed by atoms with Gasteiger partial charge in [0.25, 0.3) is 5.91 Å². The third-order valence-corrected chi connectivity index (χ3v) is 6.58. The lowest BCUT2D eigenvalue weighted by Gasteiger charge is -2.44. The Hall–Kier alpha value is -2.09. The number of carbonyl (C=O) groups is 2. The van der Waals surface area contributed by atoms with Crippen molar-refractivity contribution in [1.82, 2.24) is 9.80 Å². The number of amides is 2. The van der Waals surface area contributed by atoms with Crippen LogP contribution in [0.4, 0.5) is 0 Å². The molecule has 0 radical (unpaired) electrons. The van der Waals surface area contributed by atoms with E-state index >= 15 is 0 Å². The second kappa shape index (κ2) is 7.26. The van der Waals surface area contributed by atoms with Crippen molar-refractivity contribution in [3.63, 3.8) is 0 Å². The molecule has 2 atom stereocenters. The topological polar surface area (TPSA) is 84.0 Å². The molecule has 142 valence electrons. The van der Waals surface area contributed by atoms with Gasteiger partial charge in [-0.25, -0.2) is 8.42 Å². The van der Waals surface area contributed by atoms with Gasteiger partial charge in [0.05, 0.1) is 23.6 Å². The molecule has 3 rings (SSSR count). The van der Waals surface area contributed by atoms with E-state index < -0.39 is 21.9 Å². The Morgan fingerprint density at radius 2 is 1.65 bits per heavy atom. The number of hydrogen-bond acceptors (Lipinski definition) is 5.